The molecular weight excluding hydrogens is 296 g/mol. The third-order valence-corrected chi connectivity index (χ3v) is 2.55. The van der Waals surface area contributed by atoms with Crippen LogP contribution in [0.25, 0.3) is 0 Å². The molecule has 9 heteroatoms. The van der Waals surface area contributed by atoms with Gasteiger partial charge in [-0.25, -0.2) is 14.0 Å². The Labute approximate surface area is 117 Å². The van der Waals surface area contributed by atoms with Gasteiger partial charge >= 0.3 is 18.2 Å². The van der Waals surface area contributed by atoms with Gasteiger partial charge in [0.25, 0.3) is 0 Å². The van der Waals surface area contributed by atoms with Gasteiger partial charge < -0.3 is 15.3 Å². The Morgan fingerprint density at radius 2 is 1.95 bits per heavy atom. The van der Waals surface area contributed by atoms with Crippen molar-refractivity contribution < 1.29 is 32.3 Å². The maximum atomic E-state index is 13.4. The highest BCUT2D eigenvalue weighted by Gasteiger charge is 2.28. The maximum absolute atomic E-state index is 13.4. The number of carboxylic acid groups (broad SMARTS) is 1. The minimum absolute atomic E-state index is 0.327. The average molecular weight is 308 g/mol. The van der Waals surface area contributed by atoms with E-state index in [0.717, 1.165) is 24.1 Å². The number of aromatic carboxylic acids is 1. The number of hydrogen-bond donors (Lipinski definition) is 2. The van der Waals surface area contributed by atoms with E-state index in [1.165, 1.54) is 6.07 Å². The molecule has 0 aliphatic rings. The Kier molecular flexibility index (Phi) is 5.12. The lowest BCUT2D eigenvalue weighted by atomic mass is 10.1. The van der Waals surface area contributed by atoms with Crippen molar-refractivity contribution in [2.45, 2.75) is 12.6 Å². The van der Waals surface area contributed by atoms with Crippen molar-refractivity contribution in [2.75, 3.05) is 18.9 Å². The van der Waals surface area contributed by atoms with Gasteiger partial charge in [-0.05, 0) is 12.1 Å². The predicted molar refractivity (Wildman–Crippen MR) is 65.7 cm³/mol. The summed E-state index contributed by atoms with van der Waals surface area (Å²) in [6.07, 6.45) is -5.62. The molecule has 2 amide bonds. The van der Waals surface area contributed by atoms with Crippen LogP contribution in [0.5, 0.6) is 0 Å². The second kappa shape index (κ2) is 6.42. The number of benzene rings is 1. The highest BCUT2D eigenvalue weighted by molar-refractivity contribution is 6.00. The standard InChI is InChI=1S/C12H12F4N2O3/c1-18(6-5-12(14,15)16)11(21)17-8-4-2-3-7(13)9(8)10(19)20/h2-4H,5-6H2,1H3,(H,17,21)(H,19,20). The van der Waals surface area contributed by atoms with Crippen molar-refractivity contribution >= 4 is 17.7 Å². The summed E-state index contributed by atoms with van der Waals surface area (Å²) in [5, 5.41) is 10.9. The lowest BCUT2D eigenvalue weighted by Gasteiger charge is -2.19. The van der Waals surface area contributed by atoms with Crippen molar-refractivity contribution in [3.8, 4) is 0 Å². The third-order valence-electron chi connectivity index (χ3n) is 2.55. The normalized spacial score (nSPS) is 11.1. The van der Waals surface area contributed by atoms with E-state index in [-0.39, 0.29) is 5.69 Å². The first-order valence-corrected chi connectivity index (χ1v) is 5.72. The number of rotatable bonds is 4. The maximum Gasteiger partial charge on any atom is 0.390 e. The molecular formula is C12H12F4N2O3. The summed E-state index contributed by atoms with van der Waals surface area (Å²) < 4.78 is 49.5. The summed E-state index contributed by atoms with van der Waals surface area (Å²) in [6, 6.07) is 2.24. The lowest BCUT2D eigenvalue weighted by Crippen LogP contribution is -2.34. The molecule has 1 rings (SSSR count). The summed E-state index contributed by atoms with van der Waals surface area (Å²) in [5.74, 6) is -2.65. The van der Waals surface area contributed by atoms with Gasteiger partial charge in [0.05, 0.1) is 12.1 Å². The SMILES string of the molecule is CN(CCC(F)(F)F)C(=O)Nc1cccc(F)c1C(=O)O. The molecule has 0 bridgehead atoms. The first kappa shape index (κ1) is 16.7. The largest absolute Gasteiger partial charge is 0.478 e. The van der Waals surface area contributed by atoms with Crippen LogP contribution in [-0.2, 0) is 0 Å². The van der Waals surface area contributed by atoms with Crippen molar-refractivity contribution in [1.29, 1.82) is 0 Å². The number of halogens is 4. The molecule has 0 heterocycles. The van der Waals surface area contributed by atoms with E-state index in [4.69, 9.17) is 5.11 Å². The smallest absolute Gasteiger partial charge is 0.390 e. The number of carboxylic acids is 1. The second-order valence-corrected chi connectivity index (χ2v) is 4.18. The quantitative estimate of drug-likeness (QED) is 0.840. The van der Waals surface area contributed by atoms with E-state index in [2.05, 4.69) is 5.32 Å². The Morgan fingerprint density at radius 1 is 1.33 bits per heavy atom. The molecule has 0 aliphatic carbocycles. The van der Waals surface area contributed by atoms with Gasteiger partial charge in [0.2, 0.25) is 0 Å². The van der Waals surface area contributed by atoms with Gasteiger partial charge in [-0.1, -0.05) is 6.07 Å². The molecule has 0 unspecified atom stereocenters. The molecule has 0 radical (unpaired) electrons. The number of alkyl halides is 3. The highest BCUT2D eigenvalue weighted by Crippen LogP contribution is 2.21. The number of carbonyl (C=O) groups excluding carboxylic acids is 1. The van der Waals surface area contributed by atoms with Crippen LogP contribution in [0, 0.1) is 5.82 Å². The molecule has 0 saturated heterocycles. The molecule has 2 N–H and O–H groups in total. The van der Waals surface area contributed by atoms with Crippen LogP contribution in [0.3, 0.4) is 0 Å². The van der Waals surface area contributed by atoms with Crippen LogP contribution in [0.1, 0.15) is 16.8 Å². The fraction of sp³-hybridized carbons (Fsp3) is 0.333. The van der Waals surface area contributed by atoms with Crippen LogP contribution in [-0.4, -0.2) is 41.8 Å². The van der Waals surface area contributed by atoms with Gasteiger partial charge in [-0.15, -0.1) is 0 Å². The molecule has 1 aromatic carbocycles. The zero-order valence-corrected chi connectivity index (χ0v) is 10.9. The lowest BCUT2D eigenvalue weighted by molar-refractivity contribution is -0.135. The van der Waals surface area contributed by atoms with Crippen LogP contribution in [0.2, 0.25) is 0 Å². The molecule has 0 saturated carbocycles. The monoisotopic (exact) mass is 308 g/mol. The van der Waals surface area contributed by atoms with Gasteiger partial charge in [-0.3, -0.25) is 0 Å². The van der Waals surface area contributed by atoms with E-state index < -0.39 is 42.5 Å². The Morgan fingerprint density at radius 3 is 2.48 bits per heavy atom. The first-order chi connectivity index (χ1) is 9.61. The minimum atomic E-state index is -4.42. The summed E-state index contributed by atoms with van der Waals surface area (Å²) >= 11 is 0. The molecule has 0 atom stereocenters. The summed E-state index contributed by atoms with van der Waals surface area (Å²) in [7, 11) is 1.11. The molecule has 21 heavy (non-hydrogen) atoms. The Bertz CT molecular complexity index is 546. The van der Waals surface area contributed by atoms with E-state index >= 15 is 0 Å². The van der Waals surface area contributed by atoms with Gasteiger partial charge in [0, 0.05) is 13.6 Å². The average Bonchev–Trinajstić information content (AvgIpc) is 2.34. The van der Waals surface area contributed by atoms with Crippen molar-refractivity contribution in [1.82, 2.24) is 4.90 Å². The molecule has 0 spiro atoms. The molecule has 5 nitrogen and oxygen atoms in total. The summed E-state index contributed by atoms with van der Waals surface area (Å²) in [5.41, 5.74) is -1.08. The van der Waals surface area contributed by atoms with Crippen LogP contribution in [0.4, 0.5) is 28.0 Å². The van der Waals surface area contributed by atoms with Gasteiger partial charge in [0.15, 0.2) is 0 Å². The third kappa shape index (κ3) is 4.93. The number of hydrogen-bond acceptors (Lipinski definition) is 2. The van der Waals surface area contributed by atoms with E-state index in [1.807, 2.05) is 0 Å². The molecule has 0 aliphatic heterocycles. The van der Waals surface area contributed by atoms with Gasteiger partial charge in [0.1, 0.15) is 11.4 Å². The minimum Gasteiger partial charge on any atom is -0.478 e. The Balaban J connectivity index is 2.80. The molecule has 0 aromatic heterocycles. The molecule has 0 fully saturated rings. The highest BCUT2D eigenvalue weighted by atomic mass is 19.4. The van der Waals surface area contributed by atoms with Crippen molar-refractivity contribution in [3.05, 3.63) is 29.6 Å². The van der Waals surface area contributed by atoms with Crippen molar-refractivity contribution in [3.63, 3.8) is 0 Å². The number of nitrogens with one attached hydrogen (secondary N) is 1. The molecule has 116 valence electrons. The number of urea groups is 1. The van der Waals surface area contributed by atoms with E-state index in [9.17, 15) is 27.2 Å². The Hall–Kier alpha value is -2.32. The number of amides is 2. The van der Waals surface area contributed by atoms with Crippen LogP contribution in [0.15, 0.2) is 18.2 Å². The summed E-state index contributed by atoms with van der Waals surface area (Å²) in [6.45, 7) is -0.604. The number of carbonyl (C=O) groups is 2. The topological polar surface area (TPSA) is 69.6 Å². The van der Waals surface area contributed by atoms with Gasteiger partial charge in [-0.2, -0.15) is 13.2 Å². The number of anilines is 1. The zero-order chi connectivity index (χ0) is 16.2. The second-order valence-electron chi connectivity index (χ2n) is 4.18. The summed E-state index contributed by atoms with van der Waals surface area (Å²) in [4.78, 5) is 23.3. The zero-order valence-electron chi connectivity index (χ0n) is 10.9. The fourth-order valence-corrected chi connectivity index (χ4v) is 1.45. The fourth-order valence-electron chi connectivity index (χ4n) is 1.45. The van der Waals surface area contributed by atoms with E-state index in [0.29, 0.717) is 0 Å². The molecule has 1 aromatic rings. The van der Waals surface area contributed by atoms with Crippen molar-refractivity contribution in [2.24, 2.45) is 0 Å². The van der Waals surface area contributed by atoms with E-state index in [1.54, 1.807) is 0 Å². The first-order valence-electron chi connectivity index (χ1n) is 5.72. The predicted octanol–water partition coefficient (Wildman–Crippen LogP) is 2.94. The van der Waals surface area contributed by atoms with Crippen LogP contribution >= 0.6 is 0 Å². The number of nitrogens with zero attached hydrogens (tertiary/aromatic N) is 1. The van der Waals surface area contributed by atoms with Crippen LogP contribution < -0.4 is 5.32 Å².